The second-order valence-corrected chi connectivity index (χ2v) is 6.29. The van der Waals surface area contributed by atoms with Crippen molar-refractivity contribution in [2.24, 2.45) is 0 Å². The summed E-state index contributed by atoms with van der Waals surface area (Å²) in [5.41, 5.74) is 2.67. The molecule has 6 nitrogen and oxygen atoms in total. The van der Waals surface area contributed by atoms with Gasteiger partial charge >= 0.3 is 0 Å². The number of benzene rings is 1. The largest absolute Gasteiger partial charge is 0.497 e. The summed E-state index contributed by atoms with van der Waals surface area (Å²) in [6.07, 6.45) is 0.747. The highest BCUT2D eigenvalue weighted by Crippen LogP contribution is 2.18. The fourth-order valence-electron chi connectivity index (χ4n) is 3.21. The van der Waals surface area contributed by atoms with Crippen molar-refractivity contribution < 1.29 is 14.3 Å². The molecule has 0 spiro atoms. The molecule has 1 atom stereocenters. The molecular weight excluding hydrogens is 318 g/mol. The SMILES string of the molecule is CCn1nc(C)cc1C(=O)N1CCOC(Cc2cccc(OC)c2)C1. The highest BCUT2D eigenvalue weighted by Gasteiger charge is 2.27. The number of hydrogen-bond acceptors (Lipinski definition) is 4. The standard InChI is InChI=1S/C19H25N3O3/c1-4-22-18(10-14(2)20-22)19(23)21-8-9-25-17(13-21)12-15-6-5-7-16(11-15)24-3/h5-7,10-11,17H,4,8-9,12-13H2,1-3H3. The molecule has 6 heteroatoms. The Labute approximate surface area is 148 Å². The second kappa shape index (κ2) is 7.70. The van der Waals surface area contributed by atoms with E-state index in [1.54, 1.807) is 11.8 Å². The Morgan fingerprint density at radius 2 is 2.24 bits per heavy atom. The van der Waals surface area contributed by atoms with Crippen LogP contribution in [0.3, 0.4) is 0 Å². The number of carbonyl (C=O) groups is 1. The number of methoxy groups -OCH3 is 1. The van der Waals surface area contributed by atoms with Crippen LogP contribution in [0.5, 0.6) is 5.75 Å². The molecule has 2 heterocycles. The van der Waals surface area contributed by atoms with Crippen molar-refractivity contribution in [1.29, 1.82) is 0 Å². The van der Waals surface area contributed by atoms with E-state index in [0.29, 0.717) is 31.9 Å². The molecule has 25 heavy (non-hydrogen) atoms. The first-order valence-corrected chi connectivity index (χ1v) is 8.69. The van der Waals surface area contributed by atoms with Crippen molar-refractivity contribution >= 4 is 5.91 Å². The average Bonchev–Trinajstić information content (AvgIpc) is 3.02. The predicted molar refractivity (Wildman–Crippen MR) is 95.0 cm³/mol. The zero-order valence-electron chi connectivity index (χ0n) is 15.1. The van der Waals surface area contributed by atoms with Crippen molar-refractivity contribution in [2.75, 3.05) is 26.8 Å². The van der Waals surface area contributed by atoms with Gasteiger partial charge in [0.25, 0.3) is 5.91 Å². The lowest BCUT2D eigenvalue weighted by Gasteiger charge is -2.33. The predicted octanol–water partition coefficient (Wildman–Crippen LogP) is 2.30. The highest BCUT2D eigenvalue weighted by molar-refractivity contribution is 5.92. The Morgan fingerprint density at radius 1 is 1.40 bits per heavy atom. The van der Waals surface area contributed by atoms with Gasteiger partial charge in [-0.05, 0) is 37.6 Å². The number of hydrogen-bond donors (Lipinski definition) is 0. The number of amides is 1. The van der Waals surface area contributed by atoms with E-state index in [1.807, 2.05) is 43.0 Å². The lowest BCUT2D eigenvalue weighted by molar-refractivity contribution is -0.0212. The summed E-state index contributed by atoms with van der Waals surface area (Å²) >= 11 is 0. The minimum Gasteiger partial charge on any atom is -0.497 e. The van der Waals surface area contributed by atoms with Gasteiger partial charge in [0.2, 0.25) is 0 Å². The van der Waals surface area contributed by atoms with Gasteiger partial charge < -0.3 is 14.4 Å². The lowest BCUT2D eigenvalue weighted by Crippen LogP contribution is -2.46. The number of rotatable bonds is 5. The zero-order chi connectivity index (χ0) is 17.8. The third kappa shape index (κ3) is 4.02. The maximum Gasteiger partial charge on any atom is 0.272 e. The van der Waals surface area contributed by atoms with Crippen LogP contribution >= 0.6 is 0 Å². The first-order chi connectivity index (χ1) is 12.1. The van der Waals surface area contributed by atoms with Gasteiger partial charge in [0.15, 0.2) is 0 Å². The molecule has 0 aliphatic carbocycles. The smallest absolute Gasteiger partial charge is 0.272 e. The van der Waals surface area contributed by atoms with E-state index in [1.165, 1.54) is 0 Å². The van der Waals surface area contributed by atoms with Crippen LogP contribution in [0.15, 0.2) is 30.3 Å². The average molecular weight is 343 g/mol. The molecule has 1 fully saturated rings. The number of aryl methyl sites for hydroxylation is 2. The van der Waals surface area contributed by atoms with E-state index in [2.05, 4.69) is 11.2 Å². The van der Waals surface area contributed by atoms with Gasteiger partial charge in [0, 0.05) is 26.1 Å². The number of aromatic nitrogens is 2. The van der Waals surface area contributed by atoms with Crippen LogP contribution in [0.4, 0.5) is 0 Å². The molecule has 1 aliphatic heterocycles. The first-order valence-electron chi connectivity index (χ1n) is 8.69. The summed E-state index contributed by atoms with van der Waals surface area (Å²) in [7, 11) is 1.66. The van der Waals surface area contributed by atoms with Crippen LogP contribution in [0, 0.1) is 6.92 Å². The Kier molecular flexibility index (Phi) is 5.38. The van der Waals surface area contributed by atoms with E-state index >= 15 is 0 Å². The molecule has 1 aliphatic rings. The van der Waals surface area contributed by atoms with Gasteiger partial charge in [-0.2, -0.15) is 5.10 Å². The molecule has 134 valence electrons. The van der Waals surface area contributed by atoms with E-state index in [9.17, 15) is 4.79 Å². The van der Waals surface area contributed by atoms with E-state index in [0.717, 1.165) is 23.4 Å². The van der Waals surface area contributed by atoms with E-state index in [-0.39, 0.29) is 12.0 Å². The van der Waals surface area contributed by atoms with Crippen molar-refractivity contribution in [3.63, 3.8) is 0 Å². The van der Waals surface area contributed by atoms with Crippen LogP contribution in [0.1, 0.15) is 28.7 Å². The molecule has 1 unspecified atom stereocenters. The normalized spacial score (nSPS) is 17.6. The quantitative estimate of drug-likeness (QED) is 0.836. The molecule has 0 radical (unpaired) electrons. The Hall–Kier alpha value is -2.34. The molecule has 0 bridgehead atoms. The van der Waals surface area contributed by atoms with Crippen molar-refractivity contribution in [3.8, 4) is 5.75 Å². The summed E-state index contributed by atoms with van der Waals surface area (Å²) in [6, 6.07) is 9.83. The Bertz CT molecular complexity index is 741. The first kappa shape index (κ1) is 17.5. The molecule has 1 aromatic heterocycles. The fraction of sp³-hybridized carbons (Fsp3) is 0.474. The third-order valence-electron chi connectivity index (χ3n) is 4.44. The minimum atomic E-state index is -0.0103. The molecular formula is C19H25N3O3. The van der Waals surface area contributed by atoms with Crippen molar-refractivity contribution in [1.82, 2.24) is 14.7 Å². The molecule has 1 saturated heterocycles. The van der Waals surface area contributed by atoms with Crippen LogP contribution in [-0.4, -0.2) is 53.5 Å². The van der Waals surface area contributed by atoms with Gasteiger partial charge in [-0.25, -0.2) is 0 Å². The van der Waals surface area contributed by atoms with Crippen LogP contribution in [-0.2, 0) is 17.7 Å². The fourth-order valence-corrected chi connectivity index (χ4v) is 3.21. The summed E-state index contributed by atoms with van der Waals surface area (Å²) in [5, 5.41) is 4.37. The number of morpholine rings is 1. The minimum absolute atomic E-state index is 0.0103. The zero-order valence-corrected chi connectivity index (χ0v) is 15.1. The van der Waals surface area contributed by atoms with E-state index in [4.69, 9.17) is 9.47 Å². The Morgan fingerprint density at radius 3 is 3.00 bits per heavy atom. The summed E-state index contributed by atoms with van der Waals surface area (Å²) in [6.45, 7) is 6.35. The molecule has 3 rings (SSSR count). The molecule has 1 aromatic carbocycles. The molecule has 1 amide bonds. The third-order valence-corrected chi connectivity index (χ3v) is 4.44. The number of ether oxygens (including phenoxy) is 2. The Balaban J connectivity index is 1.69. The van der Waals surface area contributed by atoms with Gasteiger partial charge in [0.05, 0.1) is 25.5 Å². The maximum atomic E-state index is 12.9. The number of carbonyl (C=O) groups excluding carboxylic acids is 1. The van der Waals surface area contributed by atoms with Crippen LogP contribution < -0.4 is 4.74 Å². The maximum absolute atomic E-state index is 12.9. The van der Waals surface area contributed by atoms with Crippen molar-refractivity contribution in [3.05, 3.63) is 47.3 Å². The van der Waals surface area contributed by atoms with Gasteiger partial charge in [0.1, 0.15) is 11.4 Å². The van der Waals surface area contributed by atoms with Crippen LogP contribution in [0.25, 0.3) is 0 Å². The summed E-state index contributed by atoms with van der Waals surface area (Å²) in [5.74, 6) is 0.866. The molecule has 0 saturated carbocycles. The van der Waals surface area contributed by atoms with E-state index < -0.39 is 0 Å². The van der Waals surface area contributed by atoms with Gasteiger partial charge in [-0.15, -0.1) is 0 Å². The second-order valence-electron chi connectivity index (χ2n) is 6.29. The molecule has 0 N–H and O–H groups in total. The lowest BCUT2D eigenvalue weighted by atomic mass is 10.1. The summed E-state index contributed by atoms with van der Waals surface area (Å²) < 4.78 is 12.9. The highest BCUT2D eigenvalue weighted by atomic mass is 16.5. The summed E-state index contributed by atoms with van der Waals surface area (Å²) in [4.78, 5) is 14.8. The van der Waals surface area contributed by atoms with Gasteiger partial charge in [-0.1, -0.05) is 12.1 Å². The van der Waals surface area contributed by atoms with Gasteiger partial charge in [-0.3, -0.25) is 9.48 Å². The molecule has 2 aromatic rings. The monoisotopic (exact) mass is 343 g/mol. The topological polar surface area (TPSA) is 56.6 Å². The number of nitrogens with zero attached hydrogens (tertiary/aromatic N) is 3. The van der Waals surface area contributed by atoms with Crippen molar-refractivity contribution in [2.45, 2.75) is 32.9 Å². The van der Waals surface area contributed by atoms with Crippen LogP contribution in [0.2, 0.25) is 0 Å².